The van der Waals surface area contributed by atoms with Crippen molar-refractivity contribution in [3.63, 3.8) is 0 Å². The fourth-order valence-corrected chi connectivity index (χ4v) is 3.23. The number of rotatable bonds is 5. The molecule has 0 bridgehead atoms. The van der Waals surface area contributed by atoms with Gasteiger partial charge in [-0.05, 0) is 48.1 Å². The molecule has 0 aliphatic rings. The van der Waals surface area contributed by atoms with E-state index in [0.29, 0.717) is 35.2 Å². The third-order valence-corrected chi connectivity index (χ3v) is 4.71. The third-order valence-electron chi connectivity index (χ3n) is 4.46. The van der Waals surface area contributed by atoms with Crippen molar-refractivity contribution in [2.45, 2.75) is 33.7 Å². The summed E-state index contributed by atoms with van der Waals surface area (Å²) in [6.45, 7) is 6.37. The molecule has 140 valence electrons. The summed E-state index contributed by atoms with van der Waals surface area (Å²) in [5, 5.41) is 15.9. The van der Waals surface area contributed by atoms with Crippen LogP contribution in [-0.2, 0) is 13.0 Å². The normalized spacial score (nSPS) is 11.1. The summed E-state index contributed by atoms with van der Waals surface area (Å²) in [5.41, 5.74) is 3.14. The Labute approximate surface area is 164 Å². The van der Waals surface area contributed by atoms with Crippen LogP contribution < -0.4 is 5.56 Å². The van der Waals surface area contributed by atoms with Gasteiger partial charge in [0.25, 0.3) is 5.56 Å². The maximum atomic E-state index is 13.2. The lowest BCUT2D eigenvalue weighted by Gasteiger charge is -2.16. The molecule has 3 aromatic rings. The zero-order chi connectivity index (χ0) is 19.6. The Bertz CT molecular complexity index is 1010. The summed E-state index contributed by atoms with van der Waals surface area (Å²) >= 11 is 5.95. The van der Waals surface area contributed by atoms with E-state index in [1.807, 2.05) is 43.3 Å². The van der Waals surface area contributed by atoms with Crippen LogP contribution in [0.1, 0.15) is 30.7 Å². The number of hydrogen-bond donors (Lipinski definition) is 1. The van der Waals surface area contributed by atoms with Crippen molar-refractivity contribution in [2.24, 2.45) is 5.92 Å². The molecule has 2 aromatic carbocycles. The Morgan fingerprint density at radius 2 is 1.78 bits per heavy atom. The highest BCUT2D eigenvalue weighted by atomic mass is 35.5. The van der Waals surface area contributed by atoms with Gasteiger partial charge in [0.1, 0.15) is 5.69 Å². The number of aromatic hydroxyl groups is 1. The summed E-state index contributed by atoms with van der Waals surface area (Å²) in [6.07, 6.45) is 0.589. The number of halogens is 1. The molecule has 0 amide bonds. The monoisotopic (exact) mass is 382 g/mol. The summed E-state index contributed by atoms with van der Waals surface area (Å²) in [6, 6.07) is 14.9. The van der Waals surface area contributed by atoms with Crippen molar-refractivity contribution in [2.75, 3.05) is 0 Å². The van der Waals surface area contributed by atoms with E-state index < -0.39 is 0 Å². The molecule has 0 saturated heterocycles. The smallest absolute Gasteiger partial charge is 0.278 e. The van der Waals surface area contributed by atoms with Gasteiger partial charge in [-0.25, -0.2) is 4.68 Å². The predicted octanol–water partition coefficient (Wildman–Crippen LogP) is 4.82. The molecule has 1 aromatic heterocycles. The van der Waals surface area contributed by atoms with Gasteiger partial charge < -0.3 is 5.11 Å². The third kappa shape index (κ3) is 4.22. The molecule has 0 fully saturated rings. The zero-order valence-electron chi connectivity index (χ0n) is 15.7. The lowest BCUT2D eigenvalue weighted by molar-refractivity contribution is 0.444. The highest BCUT2D eigenvalue weighted by Gasteiger charge is 2.20. The van der Waals surface area contributed by atoms with Gasteiger partial charge in [0.15, 0.2) is 5.75 Å². The van der Waals surface area contributed by atoms with Crippen LogP contribution in [0.25, 0.3) is 11.1 Å². The van der Waals surface area contributed by atoms with Gasteiger partial charge in [-0.2, -0.15) is 5.10 Å². The first kappa shape index (κ1) is 19.2. The summed E-state index contributed by atoms with van der Waals surface area (Å²) in [4.78, 5) is 13.2. The molecule has 0 radical (unpaired) electrons. The standard InChI is InChI=1S/C22H23ClN2O2/c1-14(2)12-19-21(26)20(18-7-5-4-6-15(18)3)22(27)25(24-19)13-16-8-10-17(23)11-9-16/h4-11,14,26H,12-13H2,1-3H3. The Morgan fingerprint density at radius 1 is 1.11 bits per heavy atom. The minimum absolute atomic E-state index is 0.0182. The van der Waals surface area contributed by atoms with Gasteiger partial charge in [-0.1, -0.05) is 61.8 Å². The van der Waals surface area contributed by atoms with Gasteiger partial charge in [0.2, 0.25) is 0 Å². The van der Waals surface area contributed by atoms with Crippen molar-refractivity contribution in [1.82, 2.24) is 9.78 Å². The van der Waals surface area contributed by atoms with Gasteiger partial charge in [0.05, 0.1) is 12.1 Å². The zero-order valence-corrected chi connectivity index (χ0v) is 16.5. The topological polar surface area (TPSA) is 55.1 Å². The van der Waals surface area contributed by atoms with Crippen LogP contribution in [0.3, 0.4) is 0 Å². The minimum Gasteiger partial charge on any atom is -0.505 e. The molecule has 0 unspecified atom stereocenters. The number of hydrogen-bond acceptors (Lipinski definition) is 3. The fraction of sp³-hybridized carbons (Fsp3) is 0.273. The average molecular weight is 383 g/mol. The van der Waals surface area contributed by atoms with E-state index in [9.17, 15) is 9.90 Å². The van der Waals surface area contributed by atoms with Gasteiger partial charge >= 0.3 is 0 Å². The summed E-state index contributed by atoms with van der Waals surface area (Å²) in [7, 11) is 0. The second kappa shape index (κ2) is 7.97. The van der Waals surface area contributed by atoms with Crippen LogP contribution in [0, 0.1) is 12.8 Å². The van der Waals surface area contributed by atoms with E-state index in [1.165, 1.54) is 4.68 Å². The summed E-state index contributed by atoms with van der Waals surface area (Å²) in [5.74, 6) is 0.282. The predicted molar refractivity (Wildman–Crippen MR) is 109 cm³/mol. The molecule has 3 rings (SSSR count). The van der Waals surface area contributed by atoms with E-state index in [1.54, 1.807) is 12.1 Å². The molecule has 0 saturated carbocycles. The molecular formula is C22H23ClN2O2. The van der Waals surface area contributed by atoms with Crippen molar-refractivity contribution in [3.05, 3.63) is 80.7 Å². The van der Waals surface area contributed by atoms with Crippen LogP contribution >= 0.6 is 11.6 Å². The van der Waals surface area contributed by atoms with Crippen molar-refractivity contribution in [3.8, 4) is 16.9 Å². The second-order valence-corrected chi connectivity index (χ2v) is 7.61. The lowest BCUT2D eigenvalue weighted by Crippen LogP contribution is -2.27. The van der Waals surface area contributed by atoms with Gasteiger partial charge in [0, 0.05) is 5.02 Å². The van der Waals surface area contributed by atoms with E-state index in [-0.39, 0.29) is 11.3 Å². The van der Waals surface area contributed by atoms with Gasteiger partial charge in [-0.15, -0.1) is 0 Å². The maximum absolute atomic E-state index is 13.2. The van der Waals surface area contributed by atoms with Crippen LogP contribution in [0.5, 0.6) is 5.75 Å². The highest BCUT2D eigenvalue weighted by molar-refractivity contribution is 6.30. The van der Waals surface area contributed by atoms with Crippen molar-refractivity contribution in [1.29, 1.82) is 0 Å². The van der Waals surface area contributed by atoms with Crippen LogP contribution in [0.2, 0.25) is 5.02 Å². The van der Waals surface area contributed by atoms with E-state index in [2.05, 4.69) is 18.9 Å². The Kier molecular flexibility index (Phi) is 5.66. The fourth-order valence-electron chi connectivity index (χ4n) is 3.10. The Hall–Kier alpha value is -2.59. The highest BCUT2D eigenvalue weighted by Crippen LogP contribution is 2.31. The number of nitrogens with zero attached hydrogens (tertiary/aromatic N) is 2. The molecule has 4 nitrogen and oxygen atoms in total. The maximum Gasteiger partial charge on any atom is 0.278 e. The largest absolute Gasteiger partial charge is 0.505 e. The molecular weight excluding hydrogens is 360 g/mol. The Balaban J connectivity index is 2.18. The van der Waals surface area contributed by atoms with Crippen LogP contribution in [0.15, 0.2) is 53.3 Å². The quantitative estimate of drug-likeness (QED) is 0.687. The Morgan fingerprint density at radius 3 is 2.41 bits per heavy atom. The number of aryl methyl sites for hydroxylation is 1. The van der Waals surface area contributed by atoms with E-state index in [4.69, 9.17) is 11.6 Å². The molecule has 1 heterocycles. The molecule has 5 heteroatoms. The molecule has 0 atom stereocenters. The van der Waals surface area contributed by atoms with Crippen molar-refractivity contribution < 1.29 is 5.11 Å². The first-order valence-electron chi connectivity index (χ1n) is 9.00. The van der Waals surface area contributed by atoms with E-state index >= 15 is 0 Å². The molecule has 0 aliphatic heterocycles. The summed E-state index contributed by atoms with van der Waals surface area (Å²) < 4.78 is 1.43. The van der Waals surface area contributed by atoms with Crippen LogP contribution in [-0.4, -0.2) is 14.9 Å². The van der Waals surface area contributed by atoms with Gasteiger partial charge in [-0.3, -0.25) is 4.79 Å². The van der Waals surface area contributed by atoms with Crippen molar-refractivity contribution >= 4 is 11.6 Å². The lowest BCUT2D eigenvalue weighted by atomic mass is 9.98. The average Bonchev–Trinajstić information content (AvgIpc) is 2.62. The molecule has 27 heavy (non-hydrogen) atoms. The number of aromatic nitrogens is 2. The first-order chi connectivity index (χ1) is 12.9. The molecule has 0 aliphatic carbocycles. The SMILES string of the molecule is Cc1ccccc1-c1c(O)c(CC(C)C)nn(Cc2ccc(Cl)cc2)c1=O. The van der Waals surface area contributed by atoms with E-state index in [0.717, 1.165) is 16.7 Å². The molecule has 0 spiro atoms. The second-order valence-electron chi connectivity index (χ2n) is 7.17. The molecule has 1 N–H and O–H groups in total. The first-order valence-corrected chi connectivity index (χ1v) is 9.38. The minimum atomic E-state index is -0.302. The number of benzene rings is 2. The van der Waals surface area contributed by atoms with Crippen LogP contribution in [0.4, 0.5) is 0 Å².